The maximum atomic E-state index is 5.52. The van der Waals surface area contributed by atoms with E-state index in [1.807, 2.05) is 23.1 Å². The number of aryl methyl sites for hydroxylation is 1. The highest BCUT2D eigenvalue weighted by Gasteiger charge is 2.17. The van der Waals surface area contributed by atoms with E-state index in [1.165, 1.54) is 28.4 Å². The Morgan fingerprint density at radius 2 is 2.50 bits per heavy atom. The molecule has 0 radical (unpaired) electrons. The summed E-state index contributed by atoms with van der Waals surface area (Å²) in [6, 6.07) is 2.68. The normalized spacial score (nSPS) is 17.9. The summed E-state index contributed by atoms with van der Waals surface area (Å²) in [4.78, 5) is 2.98. The first-order valence-corrected chi connectivity index (χ1v) is 6.97. The Morgan fingerprint density at radius 3 is 3.14 bits per heavy atom. The van der Waals surface area contributed by atoms with Gasteiger partial charge in [0, 0.05) is 15.5 Å². The fourth-order valence-electron chi connectivity index (χ4n) is 1.74. The molecule has 4 heteroatoms. The molecule has 2 rings (SSSR count). The number of nitrogens with two attached hydrogens (primary N) is 1. The van der Waals surface area contributed by atoms with Crippen LogP contribution in [0.1, 0.15) is 34.7 Å². The molecule has 1 aromatic heterocycles. The minimum absolute atomic E-state index is 0.343. The Bertz CT molecular complexity index is 282. The monoisotopic (exact) mass is 228 g/mol. The summed E-state index contributed by atoms with van der Waals surface area (Å²) in [5.74, 6) is 7.99. The van der Waals surface area contributed by atoms with Crippen LogP contribution in [0.4, 0.5) is 0 Å². The fraction of sp³-hybridized carbons (Fsp3) is 0.600. The molecule has 1 aliphatic heterocycles. The van der Waals surface area contributed by atoms with Gasteiger partial charge in [0.15, 0.2) is 0 Å². The minimum atomic E-state index is 0.343. The topological polar surface area (TPSA) is 38.0 Å². The van der Waals surface area contributed by atoms with Gasteiger partial charge < -0.3 is 0 Å². The van der Waals surface area contributed by atoms with E-state index in [1.54, 1.807) is 4.88 Å². The highest BCUT2D eigenvalue weighted by molar-refractivity contribution is 7.98. The lowest BCUT2D eigenvalue weighted by atomic mass is 10.1. The second-order valence-corrected chi connectivity index (χ2v) is 5.80. The minimum Gasteiger partial charge on any atom is -0.271 e. The summed E-state index contributed by atoms with van der Waals surface area (Å²) < 4.78 is 0. The van der Waals surface area contributed by atoms with E-state index in [-0.39, 0.29) is 0 Å². The highest BCUT2D eigenvalue weighted by atomic mass is 32.2. The Labute approximate surface area is 93.2 Å². The van der Waals surface area contributed by atoms with Gasteiger partial charge in [0.25, 0.3) is 0 Å². The summed E-state index contributed by atoms with van der Waals surface area (Å²) in [5.41, 5.74) is 4.42. The zero-order valence-corrected chi connectivity index (χ0v) is 10.0. The third-order valence-corrected chi connectivity index (χ3v) is 4.96. The number of hydrazine groups is 1. The Hall–Kier alpha value is -0.0300. The molecule has 1 aromatic rings. The number of thiophene rings is 1. The second kappa shape index (κ2) is 4.66. The van der Waals surface area contributed by atoms with Crippen molar-refractivity contribution in [3.63, 3.8) is 0 Å². The van der Waals surface area contributed by atoms with Gasteiger partial charge >= 0.3 is 0 Å². The number of hydrogen-bond acceptors (Lipinski definition) is 4. The Kier molecular flexibility index (Phi) is 3.49. The van der Waals surface area contributed by atoms with Gasteiger partial charge in [0.05, 0.1) is 6.04 Å². The third-order valence-electron chi connectivity index (χ3n) is 2.60. The number of fused-ring (bicyclic) bond motifs is 1. The van der Waals surface area contributed by atoms with Gasteiger partial charge in [-0.3, -0.25) is 11.3 Å². The first kappa shape index (κ1) is 10.5. The average molecular weight is 228 g/mol. The summed E-state index contributed by atoms with van der Waals surface area (Å²) in [5, 5.41) is 0. The molecule has 1 aliphatic rings. The van der Waals surface area contributed by atoms with Crippen LogP contribution in [0.3, 0.4) is 0 Å². The van der Waals surface area contributed by atoms with E-state index in [4.69, 9.17) is 5.84 Å². The summed E-state index contributed by atoms with van der Waals surface area (Å²) in [6.45, 7) is 2.16. The standard InChI is InChI=1S/C10H16N2S2/c1-2-8(12-11)10-5-7-6-13-4-3-9(7)14-10/h5,8,12H,2-4,6,11H2,1H3. The molecule has 0 aromatic carbocycles. The molecule has 0 bridgehead atoms. The predicted molar refractivity (Wildman–Crippen MR) is 64.5 cm³/mol. The molecule has 1 atom stereocenters. The van der Waals surface area contributed by atoms with Crippen LogP contribution >= 0.6 is 23.1 Å². The summed E-state index contributed by atoms with van der Waals surface area (Å²) in [7, 11) is 0. The molecule has 0 saturated carbocycles. The van der Waals surface area contributed by atoms with Gasteiger partial charge in [0.1, 0.15) is 0 Å². The van der Waals surface area contributed by atoms with Crippen molar-refractivity contribution in [2.24, 2.45) is 5.84 Å². The van der Waals surface area contributed by atoms with Crippen molar-refractivity contribution in [1.82, 2.24) is 5.43 Å². The molecule has 0 saturated heterocycles. The molecule has 0 amide bonds. The zero-order chi connectivity index (χ0) is 9.97. The molecule has 1 unspecified atom stereocenters. The molecule has 2 nitrogen and oxygen atoms in total. The molecular formula is C10H16N2S2. The van der Waals surface area contributed by atoms with E-state index < -0.39 is 0 Å². The Morgan fingerprint density at radius 1 is 1.64 bits per heavy atom. The average Bonchev–Trinajstić information content (AvgIpc) is 2.63. The van der Waals surface area contributed by atoms with Crippen molar-refractivity contribution in [2.45, 2.75) is 31.6 Å². The van der Waals surface area contributed by atoms with Gasteiger partial charge in [0.2, 0.25) is 0 Å². The van der Waals surface area contributed by atoms with Crippen LogP contribution in [0.5, 0.6) is 0 Å². The van der Waals surface area contributed by atoms with Crippen molar-refractivity contribution in [3.8, 4) is 0 Å². The van der Waals surface area contributed by atoms with E-state index >= 15 is 0 Å². The number of thioether (sulfide) groups is 1. The van der Waals surface area contributed by atoms with Crippen molar-refractivity contribution in [1.29, 1.82) is 0 Å². The molecule has 0 aliphatic carbocycles. The molecule has 0 fully saturated rings. The Balaban J connectivity index is 2.22. The second-order valence-electron chi connectivity index (χ2n) is 3.53. The smallest absolute Gasteiger partial charge is 0.0550 e. The van der Waals surface area contributed by atoms with Crippen molar-refractivity contribution >= 4 is 23.1 Å². The third kappa shape index (κ3) is 1.98. The molecule has 78 valence electrons. The van der Waals surface area contributed by atoms with Gasteiger partial charge in [-0.25, -0.2) is 0 Å². The zero-order valence-electron chi connectivity index (χ0n) is 8.38. The lowest BCUT2D eigenvalue weighted by Gasteiger charge is -2.10. The van der Waals surface area contributed by atoms with Crippen LogP contribution in [0, 0.1) is 0 Å². The van der Waals surface area contributed by atoms with E-state index in [0.717, 1.165) is 6.42 Å². The van der Waals surface area contributed by atoms with Crippen molar-refractivity contribution < 1.29 is 0 Å². The molecular weight excluding hydrogens is 212 g/mol. The van der Waals surface area contributed by atoms with Gasteiger partial charge in [-0.15, -0.1) is 11.3 Å². The van der Waals surface area contributed by atoms with Crippen LogP contribution in [-0.4, -0.2) is 5.75 Å². The fourth-order valence-corrected chi connectivity index (χ4v) is 4.26. The first-order valence-electron chi connectivity index (χ1n) is 5.00. The number of rotatable bonds is 3. The number of nitrogens with one attached hydrogen (secondary N) is 1. The lowest BCUT2D eigenvalue weighted by molar-refractivity contribution is 0.547. The molecule has 3 N–H and O–H groups in total. The van der Waals surface area contributed by atoms with Crippen LogP contribution in [-0.2, 0) is 12.2 Å². The van der Waals surface area contributed by atoms with Gasteiger partial charge in [-0.1, -0.05) is 6.92 Å². The summed E-state index contributed by atoms with van der Waals surface area (Å²) >= 11 is 3.97. The number of hydrogen-bond donors (Lipinski definition) is 2. The predicted octanol–water partition coefficient (Wildman–Crippen LogP) is 2.45. The SMILES string of the molecule is CCC(NN)c1cc2c(s1)CCSC2. The largest absolute Gasteiger partial charge is 0.271 e. The van der Waals surface area contributed by atoms with Crippen LogP contribution < -0.4 is 11.3 Å². The highest BCUT2D eigenvalue weighted by Crippen LogP contribution is 2.34. The maximum Gasteiger partial charge on any atom is 0.0550 e. The lowest BCUT2D eigenvalue weighted by Crippen LogP contribution is -2.26. The van der Waals surface area contributed by atoms with E-state index in [2.05, 4.69) is 18.4 Å². The van der Waals surface area contributed by atoms with E-state index in [0.29, 0.717) is 6.04 Å². The van der Waals surface area contributed by atoms with E-state index in [9.17, 15) is 0 Å². The maximum absolute atomic E-state index is 5.52. The summed E-state index contributed by atoms with van der Waals surface area (Å²) in [6.07, 6.45) is 2.30. The quantitative estimate of drug-likeness (QED) is 0.616. The van der Waals surface area contributed by atoms with Crippen LogP contribution in [0.15, 0.2) is 6.07 Å². The van der Waals surface area contributed by atoms with Crippen molar-refractivity contribution in [3.05, 3.63) is 21.4 Å². The first-order chi connectivity index (χ1) is 6.85. The van der Waals surface area contributed by atoms with Gasteiger partial charge in [-0.05, 0) is 30.2 Å². The van der Waals surface area contributed by atoms with Crippen LogP contribution in [0.2, 0.25) is 0 Å². The molecule has 2 heterocycles. The van der Waals surface area contributed by atoms with Crippen LogP contribution in [0.25, 0.3) is 0 Å². The molecule has 14 heavy (non-hydrogen) atoms. The molecule has 0 spiro atoms. The van der Waals surface area contributed by atoms with Gasteiger partial charge in [-0.2, -0.15) is 11.8 Å². The van der Waals surface area contributed by atoms with Crippen molar-refractivity contribution in [2.75, 3.05) is 5.75 Å².